The fourth-order valence-electron chi connectivity index (χ4n) is 4.95. The first-order valence-corrected chi connectivity index (χ1v) is 16.4. The summed E-state index contributed by atoms with van der Waals surface area (Å²) in [5, 5.41) is 1.06. The van der Waals surface area contributed by atoms with Crippen LogP contribution in [-0.4, -0.2) is 30.9 Å². The second-order valence-electron chi connectivity index (χ2n) is 9.82. The number of halogens is 3. The third kappa shape index (κ3) is 6.84. The number of methoxy groups -OCH3 is 1. The molecule has 1 aliphatic rings. The molecular formula is C33H29BrCl2N2O6S. The summed E-state index contributed by atoms with van der Waals surface area (Å²) in [5.74, 6) is 0.924. The Morgan fingerprint density at radius 2 is 1.82 bits per heavy atom. The summed E-state index contributed by atoms with van der Waals surface area (Å²) in [4.78, 5) is 32.7. The molecule has 0 radical (unpaired) electrons. The second-order valence-corrected chi connectivity index (χ2v) is 12.5. The number of carbonyl (C=O) groups is 1. The highest BCUT2D eigenvalue weighted by Gasteiger charge is 2.35. The van der Waals surface area contributed by atoms with Crippen molar-refractivity contribution in [3.8, 4) is 17.2 Å². The van der Waals surface area contributed by atoms with Crippen LogP contribution in [0.15, 0.2) is 80.1 Å². The van der Waals surface area contributed by atoms with Crippen LogP contribution in [0.25, 0.3) is 6.08 Å². The normalized spacial score (nSPS) is 14.6. The van der Waals surface area contributed by atoms with Crippen molar-refractivity contribution in [1.82, 2.24) is 4.57 Å². The van der Waals surface area contributed by atoms with Crippen molar-refractivity contribution in [2.24, 2.45) is 4.99 Å². The van der Waals surface area contributed by atoms with Crippen molar-refractivity contribution in [2.45, 2.75) is 33.4 Å². The van der Waals surface area contributed by atoms with Crippen molar-refractivity contribution < 1.29 is 23.7 Å². The minimum Gasteiger partial charge on any atom is -0.493 e. The zero-order valence-corrected chi connectivity index (χ0v) is 28.8. The number of hydrogen-bond acceptors (Lipinski definition) is 8. The number of allylic oxidation sites excluding steroid dienone is 1. The molecule has 0 fully saturated rings. The van der Waals surface area contributed by atoms with E-state index >= 15 is 0 Å². The molecule has 1 aromatic heterocycles. The zero-order valence-electron chi connectivity index (χ0n) is 24.9. The number of aromatic nitrogens is 1. The number of esters is 1. The lowest BCUT2D eigenvalue weighted by Crippen LogP contribution is -2.40. The average molecular weight is 732 g/mol. The van der Waals surface area contributed by atoms with E-state index in [0.29, 0.717) is 64.5 Å². The van der Waals surface area contributed by atoms with Gasteiger partial charge in [0.1, 0.15) is 12.4 Å². The van der Waals surface area contributed by atoms with Gasteiger partial charge in [-0.3, -0.25) is 9.36 Å². The van der Waals surface area contributed by atoms with E-state index in [1.807, 2.05) is 25.1 Å². The van der Waals surface area contributed by atoms with E-state index < -0.39 is 12.0 Å². The van der Waals surface area contributed by atoms with E-state index in [-0.39, 0.29) is 24.3 Å². The van der Waals surface area contributed by atoms with Crippen molar-refractivity contribution >= 4 is 62.5 Å². The minimum atomic E-state index is -0.864. The van der Waals surface area contributed by atoms with Gasteiger partial charge in [-0.15, -0.1) is 0 Å². The summed E-state index contributed by atoms with van der Waals surface area (Å²) in [5.41, 5.74) is 2.35. The minimum absolute atomic E-state index is 0.159. The molecule has 4 aromatic rings. The maximum absolute atomic E-state index is 14.2. The summed E-state index contributed by atoms with van der Waals surface area (Å²) < 4.78 is 25.4. The van der Waals surface area contributed by atoms with Crippen LogP contribution in [0.4, 0.5) is 0 Å². The van der Waals surface area contributed by atoms with E-state index in [1.54, 1.807) is 56.3 Å². The van der Waals surface area contributed by atoms with Gasteiger partial charge in [0.15, 0.2) is 16.3 Å². The zero-order chi connectivity index (χ0) is 32.2. The third-order valence-electron chi connectivity index (χ3n) is 6.99. The second kappa shape index (κ2) is 14.2. The van der Waals surface area contributed by atoms with Crippen molar-refractivity contribution in [1.29, 1.82) is 0 Å². The van der Waals surface area contributed by atoms with Crippen LogP contribution < -0.4 is 29.1 Å². The highest BCUT2D eigenvalue weighted by molar-refractivity contribution is 9.10. The van der Waals surface area contributed by atoms with Gasteiger partial charge in [-0.2, -0.15) is 0 Å². The van der Waals surface area contributed by atoms with Gasteiger partial charge in [-0.05, 0) is 68.8 Å². The van der Waals surface area contributed by atoms with Crippen LogP contribution >= 0.6 is 50.5 Å². The lowest BCUT2D eigenvalue weighted by atomic mass is 9.95. The van der Waals surface area contributed by atoms with Crippen molar-refractivity contribution in [3.63, 3.8) is 0 Å². The largest absolute Gasteiger partial charge is 0.493 e. The molecular weight excluding hydrogens is 703 g/mol. The van der Waals surface area contributed by atoms with Gasteiger partial charge >= 0.3 is 5.97 Å². The van der Waals surface area contributed by atoms with Crippen LogP contribution in [0.2, 0.25) is 10.0 Å². The Labute approximate surface area is 282 Å². The molecule has 0 aliphatic carbocycles. The van der Waals surface area contributed by atoms with E-state index in [2.05, 4.69) is 20.9 Å². The topological polar surface area (TPSA) is 88.4 Å². The number of carbonyl (C=O) groups excluding carboxylic acids is 1. The monoisotopic (exact) mass is 730 g/mol. The van der Waals surface area contributed by atoms with E-state index in [9.17, 15) is 9.59 Å². The van der Waals surface area contributed by atoms with Crippen LogP contribution in [-0.2, 0) is 16.1 Å². The summed E-state index contributed by atoms with van der Waals surface area (Å²) in [6.07, 6.45) is 1.71. The molecule has 0 amide bonds. The standard InChI is InChI=1S/C33H29BrCl2N2O6S/c1-5-42-27-16-23(34)22(15-26(27)41-4)30-29(32(40)43-6-2)18(3)37-33-38(30)31(39)28(45-33)14-20-13-21(35)11-12-25(20)44-17-19-9-7-8-10-24(19)36/h7-16,30H,5-6,17H2,1-4H3/b28-14+/t30-/m1/s1. The lowest BCUT2D eigenvalue weighted by molar-refractivity contribution is -0.139. The summed E-state index contributed by atoms with van der Waals surface area (Å²) in [7, 11) is 1.53. The fourth-order valence-corrected chi connectivity index (χ4v) is 6.90. The Morgan fingerprint density at radius 1 is 1.04 bits per heavy atom. The molecule has 5 rings (SSSR count). The van der Waals surface area contributed by atoms with E-state index in [0.717, 1.165) is 5.56 Å². The molecule has 45 heavy (non-hydrogen) atoms. The number of rotatable bonds is 10. The first-order valence-electron chi connectivity index (χ1n) is 14.0. The molecule has 3 aromatic carbocycles. The molecule has 0 bridgehead atoms. The summed E-state index contributed by atoms with van der Waals surface area (Å²) >= 11 is 17.5. The predicted molar refractivity (Wildman–Crippen MR) is 179 cm³/mol. The Hall–Kier alpha value is -3.57. The first kappa shape index (κ1) is 32.8. The molecule has 12 heteroatoms. The molecule has 2 heterocycles. The Bertz CT molecular complexity index is 1990. The van der Waals surface area contributed by atoms with Gasteiger partial charge in [-0.25, -0.2) is 9.79 Å². The molecule has 0 saturated carbocycles. The number of fused-ring (bicyclic) bond motifs is 1. The molecule has 0 saturated heterocycles. The maximum Gasteiger partial charge on any atom is 0.338 e. The summed E-state index contributed by atoms with van der Waals surface area (Å²) in [6, 6.07) is 15.3. The van der Waals surface area contributed by atoms with Crippen LogP contribution in [0.1, 0.15) is 43.5 Å². The Morgan fingerprint density at radius 3 is 2.53 bits per heavy atom. The average Bonchev–Trinajstić information content (AvgIpc) is 3.31. The highest BCUT2D eigenvalue weighted by atomic mass is 79.9. The molecule has 0 N–H and O–H groups in total. The predicted octanol–water partition coefficient (Wildman–Crippen LogP) is 6.85. The number of hydrogen-bond donors (Lipinski definition) is 0. The third-order valence-corrected chi connectivity index (χ3v) is 9.27. The van der Waals surface area contributed by atoms with Crippen LogP contribution in [0.5, 0.6) is 17.2 Å². The molecule has 0 spiro atoms. The first-order chi connectivity index (χ1) is 21.7. The quantitative estimate of drug-likeness (QED) is 0.166. The maximum atomic E-state index is 14.2. The van der Waals surface area contributed by atoms with Gasteiger partial charge in [0.05, 0.1) is 42.2 Å². The number of ether oxygens (including phenoxy) is 4. The smallest absolute Gasteiger partial charge is 0.338 e. The Balaban J connectivity index is 1.67. The van der Waals surface area contributed by atoms with Crippen molar-refractivity contribution in [2.75, 3.05) is 20.3 Å². The highest BCUT2D eigenvalue weighted by Crippen LogP contribution is 2.41. The van der Waals surface area contributed by atoms with Crippen LogP contribution in [0.3, 0.4) is 0 Å². The molecule has 234 valence electrons. The molecule has 1 atom stereocenters. The van der Waals surface area contributed by atoms with E-state index in [1.165, 1.54) is 23.0 Å². The van der Waals surface area contributed by atoms with E-state index in [4.69, 9.17) is 42.1 Å². The van der Waals surface area contributed by atoms with Crippen molar-refractivity contribution in [3.05, 3.63) is 117 Å². The van der Waals surface area contributed by atoms with Gasteiger partial charge in [0, 0.05) is 25.6 Å². The van der Waals surface area contributed by atoms with Gasteiger partial charge in [0.2, 0.25) is 0 Å². The Kier molecular flexibility index (Phi) is 10.4. The van der Waals surface area contributed by atoms with Crippen LogP contribution in [0, 0.1) is 0 Å². The van der Waals surface area contributed by atoms with Gasteiger partial charge in [0.25, 0.3) is 5.56 Å². The van der Waals surface area contributed by atoms with Gasteiger partial charge < -0.3 is 18.9 Å². The molecule has 1 aliphatic heterocycles. The number of benzene rings is 3. The lowest BCUT2D eigenvalue weighted by Gasteiger charge is -2.26. The number of nitrogens with zero attached hydrogens (tertiary/aromatic N) is 2. The van der Waals surface area contributed by atoms with Gasteiger partial charge in [-0.1, -0.05) is 68.7 Å². The number of thiazole rings is 1. The fraction of sp³-hybridized carbons (Fsp3) is 0.242. The molecule has 0 unspecified atom stereocenters. The molecule has 8 nitrogen and oxygen atoms in total. The SMILES string of the molecule is CCOC(=O)C1=C(C)N=c2s/c(=C/c3cc(Cl)ccc3OCc3ccccc3Cl)c(=O)n2[C@@H]1c1cc(OC)c(OCC)cc1Br. The summed E-state index contributed by atoms with van der Waals surface area (Å²) in [6.45, 7) is 6.14.